The fourth-order valence-electron chi connectivity index (χ4n) is 5.93. The number of ether oxygens (including phenoxy) is 3. The highest BCUT2D eigenvalue weighted by Gasteiger charge is 2.38. The van der Waals surface area contributed by atoms with Gasteiger partial charge >= 0.3 is 19.7 Å². The zero-order valence-electron chi connectivity index (χ0n) is 32.9. The van der Waals surface area contributed by atoms with E-state index in [9.17, 15) is 18.7 Å². The van der Waals surface area contributed by atoms with Gasteiger partial charge in [0.05, 0.1) is 24.7 Å². The number of rotatable bonds is 16. The van der Waals surface area contributed by atoms with Crippen LogP contribution in [-0.4, -0.2) is 69.6 Å². The van der Waals surface area contributed by atoms with E-state index in [0.29, 0.717) is 17.8 Å². The van der Waals surface area contributed by atoms with Gasteiger partial charge in [0, 0.05) is 19.2 Å². The lowest BCUT2D eigenvalue weighted by atomic mass is 10.1. The molecule has 17 heteroatoms. The van der Waals surface area contributed by atoms with Crippen molar-refractivity contribution in [2.45, 2.75) is 71.7 Å². The quantitative estimate of drug-likeness (QED) is 0.0751. The summed E-state index contributed by atoms with van der Waals surface area (Å²) in [6.45, 7) is 10.6. The minimum atomic E-state index is -4.02. The lowest BCUT2D eigenvalue weighted by Gasteiger charge is -2.24. The first-order valence-corrected chi connectivity index (χ1v) is 22.6. The maximum Gasteiger partial charge on any atom is 0.459 e. The molecule has 0 aliphatic carbocycles. The molecule has 57 heavy (non-hydrogen) atoms. The van der Waals surface area contributed by atoms with Crippen molar-refractivity contribution < 1.29 is 42.0 Å². The summed E-state index contributed by atoms with van der Waals surface area (Å²) in [5.41, 5.74) is 3.97. The molecular weight excluding hydrogens is 770 g/mol. The van der Waals surface area contributed by atoms with E-state index in [0.717, 1.165) is 22.3 Å². The average molecular weight is 821 g/mol. The van der Waals surface area contributed by atoms with Crippen molar-refractivity contribution in [2.75, 3.05) is 19.9 Å². The Kier molecular flexibility index (Phi) is 15.3. The molecule has 0 saturated carbocycles. The van der Waals surface area contributed by atoms with Crippen molar-refractivity contribution in [2.24, 2.45) is 5.92 Å². The third-order valence-corrected chi connectivity index (χ3v) is 11.3. The number of imidazole rings is 1. The van der Waals surface area contributed by atoms with Gasteiger partial charge in [0.25, 0.3) is 0 Å². The van der Waals surface area contributed by atoms with Crippen LogP contribution in [0.3, 0.4) is 0 Å². The summed E-state index contributed by atoms with van der Waals surface area (Å²) >= 11 is 0. The summed E-state index contributed by atoms with van der Waals surface area (Å²) in [6, 6.07) is 25.9. The number of benzene rings is 3. The van der Waals surface area contributed by atoms with Crippen molar-refractivity contribution in [3.05, 3.63) is 120 Å². The van der Waals surface area contributed by atoms with Gasteiger partial charge in [0.1, 0.15) is 56.4 Å². The van der Waals surface area contributed by atoms with Crippen LogP contribution >= 0.6 is 15.0 Å². The summed E-state index contributed by atoms with van der Waals surface area (Å²) in [7, 11) is -6.44. The molecule has 1 aliphatic rings. The Morgan fingerprint density at radius 1 is 0.825 bits per heavy atom. The van der Waals surface area contributed by atoms with E-state index in [-0.39, 0.29) is 38.1 Å². The largest absolute Gasteiger partial charge is 0.460 e. The highest BCUT2D eigenvalue weighted by molar-refractivity contribution is 7.60. The molecule has 3 heterocycles. The maximum atomic E-state index is 13.9. The fraction of sp³-hybridized carbons (Fsp3) is 0.375. The van der Waals surface area contributed by atoms with Crippen LogP contribution in [0.2, 0.25) is 0 Å². The molecule has 1 aliphatic heterocycles. The van der Waals surface area contributed by atoms with Gasteiger partial charge in [-0.25, -0.2) is 19.5 Å². The van der Waals surface area contributed by atoms with Gasteiger partial charge in [0.2, 0.25) is 0 Å². The van der Waals surface area contributed by atoms with E-state index in [2.05, 4.69) is 32.1 Å². The van der Waals surface area contributed by atoms with Gasteiger partial charge in [-0.1, -0.05) is 85.8 Å². The van der Waals surface area contributed by atoms with Crippen LogP contribution in [0.25, 0.3) is 11.2 Å². The first-order chi connectivity index (χ1) is 27.2. The minimum Gasteiger partial charge on any atom is -0.460 e. The van der Waals surface area contributed by atoms with E-state index in [1.807, 2.05) is 78.2 Å². The maximum absolute atomic E-state index is 13.9. The molecule has 5 aromatic rings. The van der Waals surface area contributed by atoms with Gasteiger partial charge in [0.15, 0.2) is 5.65 Å². The van der Waals surface area contributed by atoms with Crippen molar-refractivity contribution in [3.63, 3.8) is 0 Å². The van der Waals surface area contributed by atoms with Crippen LogP contribution in [0, 0.1) is 12.8 Å². The summed E-state index contributed by atoms with van der Waals surface area (Å²) in [5, 5.41) is 5.47. The first-order valence-electron chi connectivity index (χ1n) is 18.5. The molecule has 6 rings (SSSR count). The molecular formula is C40H50N6O9P2. The summed E-state index contributed by atoms with van der Waals surface area (Å²) in [4.78, 5) is 37.3. The monoisotopic (exact) mass is 820 g/mol. The molecule has 2 N–H and O–H groups in total. The van der Waals surface area contributed by atoms with Gasteiger partial charge in [-0.05, 0) is 50.5 Å². The van der Waals surface area contributed by atoms with Crippen LogP contribution in [-0.2, 0) is 50.7 Å². The molecule has 1 fully saturated rings. The molecule has 6 atom stereocenters. The fourth-order valence-corrected chi connectivity index (χ4v) is 8.49. The Bertz CT molecular complexity index is 2150. The molecule has 15 nitrogen and oxygen atoms in total. The number of fused-ring (bicyclic) bond motifs is 1. The number of aromatic nitrogens is 4. The van der Waals surface area contributed by atoms with Gasteiger partial charge < -0.3 is 23.3 Å². The van der Waals surface area contributed by atoms with E-state index in [4.69, 9.17) is 23.3 Å². The Hall–Kier alpha value is -4.75. The third-order valence-electron chi connectivity index (χ3n) is 8.68. The molecule has 0 spiro atoms. The Morgan fingerprint density at radius 3 is 1.93 bits per heavy atom. The van der Waals surface area contributed by atoms with Gasteiger partial charge in [-0.2, -0.15) is 5.09 Å². The topological polar surface area (TPSA) is 182 Å². The molecule has 1 unspecified atom stereocenters. The number of hydrogen-bond acceptors (Lipinski definition) is 12. The van der Waals surface area contributed by atoms with Crippen LogP contribution in [0.15, 0.2) is 104 Å². The zero-order chi connectivity index (χ0) is 41.0. The molecule has 0 bridgehead atoms. The highest BCUT2D eigenvalue weighted by Crippen LogP contribution is 2.46. The predicted octanol–water partition coefficient (Wildman–Crippen LogP) is 7.23. The Morgan fingerprint density at radius 2 is 1.37 bits per heavy atom. The summed E-state index contributed by atoms with van der Waals surface area (Å²) in [5.74, 6) is -0.533. The second kappa shape index (κ2) is 20.1. The van der Waals surface area contributed by atoms with Crippen LogP contribution in [0.1, 0.15) is 50.2 Å². The standard InChI is InChI=1S/C28H32N5O6P.C12H18NO3P/c1-19-14-24(38-27(19)33-18-31-25-20(2)29-17-30-26(25)33)16-37-40(35,39-23-12-8-5-9-13-23)32-21(3)28(34)36-15-22-10-6-4-7-11-22;1-10(13-17(2,3)15)12(14)16-9-11-7-5-4-6-8-11/h4-13,17-19,21,24,27H,14-16H2,1-3H3,(H,32,35);4-8,10H,9H2,1-3H3,(H,13,15)/t19-,21-,24-,27+,40?;10-/m00/s1. The molecule has 2 aromatic heterocycles. The van der Waals surface area contributed by atoms with Crippen molar-refractivity contribution in [3.8, 4) is 5.75 Å². The summed E-state index contributed by atoms with van der Waals surface area (Å²) in [6.07, 6.45) is 3.14. The number of aryl methyl sites for hydroxylation is 1. The molecule has 3 aromatic carbocycles. The second-order valence-electron chi connectivity index (χ2n) is 14.1. The minimum absolute atomic E-state index is 0.0234. The average Bonchev–Trinajstić information content (AvgIpc) is 3.79. The highest BCUT2D eigenvalue weighted by atomic mass is 31.2. The molecule has 0 amide bonds. The number of nitrogens with zero attached hydrogens (tertiary/aromatic N) is 4. The number of hydrogen-bond donors (Lipinski definition) is 2. The van der Waals surface area contributed by atoms with Crippen LogP contribution < -0.4 is 14.7 Å². The van der Waals surface area contributed by atoms with Crippen molar-refractivity contribution in [1.29, 1.82) is 0 Å². The van der Waals surface area contributed by atoms with Crippen molar-refractivity contribution in [1.82, 2.24) is 29.7 Å². The smallest absolute Gasteiger partial charge is 0.459 e. The third kappa shape index (κ3) is 13.1. The van der Waals surface area contributed by atoms with Crippen molar-refractivity contribution >= 4 is 38.1 Å². The van der Waals surface area contributed by atoms with E-state index in [1.165, 1.54) is 6.33 Å². The normalized spacial score (nSPS) is 18.7. The van der Waals surface area contributed by atoms with Crippen LogP contribution in [0.4, 0.5) is 0 Å². The lowest BCUT2D eigenvalue weighted by Crippen LogP contribution is -2.35. The van der Waals surface area contributed by atoms with Gasteiger partial charge in [-0.15, -0.1) is 0 Å². The predicted molar refractivity (Wildman–Crippen MR) is 216 cm³/mol. The van der Waals surface area contributed by atoms with E-state index in [1.54, 1.807) is 57.8 Å². The van der Waals surface area contributed by atoms with E-state index >= 15 is 0 Å². The first kappa shape index (κ1) is 43.4. The number of carbonyl (C=O) groups excluding carboxylic acids is 2. The second-order valence-corrected chi connectivity index (χ2v) is 18.7. The molecule has 304 valence electrons. The van der Waals surface area contributed by atoms with Gasteiger partial charge in [-0.3, -0.25) is 23.8 Å². The number of para-hydroxylation sites is 1. The molecule has 1 saturated heterocycles. The van der Waals surface area contributed by atoms with Crippen LogP contribution in [0.5, 0.6) is 5.75 Å². The number of esters is 2. The summed E-state index contributed by atoms with van der Waals surface area (Å²) < 4.78 is 55.7. The zero-order valence-corrected chi connectivity index (χ0v) is 34.7. The number of carbonyl (C=O) groups is 2. The Balaban J connectivity index is 0.000000306. The SMILES string of the molecule is C[C@H](NP(C)(C)=O)C(=O)OCc1ccccc1.Cc1ncnc2c1ncn2[C@@H]1O[C@H](COP(=O)(N[C@@H](C)C(=O)OCc2ccccc2)Oc2ccccc2)C[C@@H]1C. The number of nitrogens with one attached hydrogen (secondary N) is 2. The lowest BCUT2D eigenvalue weighted by molar-refractivity contribution is -0.147. The van der Waals surface area contributed by atoms with E-state index < -0.39 is 39.1 Å². The Labute approximate surface area is 332 Å². The molecule has 0 radical (unpaired) electrons.